The summed E-state index contributed by atoms with van der Waals surface area (Å²) in [4.78, 5) is 12.3. The van der Waals surface area contributed by atoms with E-state index in [2.05, 4.69) is 5.32 Å². The second-order valence-electron chi connectivity index (χ2n) is 5.56. The second kappa shape index (κ2) is 6.57. The molecule has 4 heteroatoms. The van der Waals surface area contributed by atoms with Gasteiger partial charge in [-0.05, 0) is 31.2 Å². The summed E-state index contributed by atoms with van der Waals surface area (Å²) in [6.45, 7) is 2.95. The highest BCUT2D eigenvalue weighted by atomic mass is 16.5. The van der Waals surface area contributed by atoms with Crippen LogP contribution in [0, 0.1) is 6.92 Å². The van der Waals surface area contributed by atoms with Crippen LogP contribution in [0.5, 0.6) is 5.75 Å². The second-order valence-corrected chi connectivity index (χ2v) is 5.56. The third-order valence-corrected chi connectivity index (χ3v) is 3.86. The van der Waals surface area contributed by atoms with E-state index in [1.54, 1.807) is 0 Å². The number of hydrogen-bond donors (Lipinski definition) is 1. The molecule has 0 unspecified atom stereocenters. The minimum Gasteiger partial charge on any atom is -0.492 e. The molecule has 1 aromatic heterocycles. The molecule has 1 heterocycles. The largest absolute Gasteiger partial charge is 0.492 e. The maximum Gasteiger partial charge on any atom is 0.268 e. The summed E-state index contributed by atoms with van der Waals surface area (Å²) in [5.41, 5.74) is 2.90. The van der Waals surface area contributed by atoms with Gasteiger partial charge in [0.15, 0.2) is 0 Å². The standard InChI is InChI=1S/C19H20N2O2/c1-14-7-9-16(10-8-14)23-12-11-20-19(22)18-13-15-5-3-4-6-17(15)21(18)2/h3-10,13H,11-12H2,1-2H3,(H,20,22). The van der Waals surface area contributed by atoms with Crippen molar-refractivity contribution in [1.29, 1.82) is 0 Å². The van der Waals surface area contributed by atoms with Crippen molar-refractivity contribution in [3.05, 3.63) is 65.9 Å². The van der Waals surface area contributed by atoms with Gasteiger partial charge in [-0.15, -0.1) is 0 Å². The Labute approximate surface area is 135 Å². The summed E-state index contributed by atoms with van der Waals surface area (Å²) in [6.07, 6.45) is 0. The van der Waals surface area contributed by atoms with Gasteiger partial charge in [-0.1, -0.05) is 35.9 Å². The molecule has 0 aliphatic rings. The number of aryl methyl sites for hydroxylation is 2. The van der Waals surface area contributed by atoms with Gasteiger partial charge in [0, 0.05) is 18.0 Å². The van der Waals surface area contributed by atoms with Crippen LogP contribution >= 0.6 is 0 Å². The number of carbonyl (C=O) groups excluding carboxylic acids is 1. The molecule has 0 aliphatic heterocycles. The number of ether oxygens (including phenoxy) is 1. The Hall–Kier alpha value is -2.75. The predicted molar refractivity (Wildman–Crippen MR) is 91.9 cm³/mol. The number of rotatable bonds is 5. The minimum absolute atomic E-state index is 0.0868. The molecule has 0 aliphatic carbocycles. The number of para-hydroxylation sites is 1. The van der Waals surface area contributed by atoms with E-state index in [0.717, 1.165) is 16.7 Å². The average Bonchev–Trinajstić information content (AvgIpc) is 2.90. The first kappa shape index (κ1) is 15.2. The molecule has 23 heavy (non-hydrogen) atoms. The lowest BCUT2D eigenvalue weighted by Gasteiger charge is -2.08. The van der Waals surface area contributed by atoms with E-state index in [4.69, 9.17) is 4.74 Å². The molecule has 0 radical (unpaired) electrons. The quantitative estimate of drug-likeness (QED) is 0.735. The van der Waals surface area contributed by atoms with Gasteiger partial charge in [0.25, 0.3) is 5.91 Å². The number of nitrogens with one attached hydrogen (secondary N) is 1. The monoisotopic (exact) mass is 308 g/mol. The van der Waals surface area contributed by atoms with Crippen molar-refractivity contribution >= 4 is 16.8 Å². The first-order chi connectivity index (χ1) is 11.1. The molecule has 0 atom stereocenters. The number of nitrogens with zero attached hydrogens (tertiary/aromatic N) is 1. The highest BCUT2D eigenvalue weighted by Crippen LogP contribution is 2.18. The van der Waals surface area contributed by atoms with Crippen LogP contribution in [0.4, 0.5) is 0 Å². The van der Waals surface area contributed by atoms with Crippen molar-refractivity contribution in [2.24, 2.45) is 7.05 Å². The number of amides is 1. The molecule has 0 spiro atoms. The Morgan fingerprint density at radius 3 is 2.61 bits per heavy atom. The Kier molecular flexibility index (Phi) is 4.33. The topological polar surface area (TPSA) is 43.3 Å². The molecule has 3 aromatic rings. The van der Waals surface area contributed by atoms with E-state index in [9.17, 15) is 4.79 Å². The Morgan fingerprint density at radius 1 is 1.13 bits per heavy atom. The smallest absolute Gasteiger partial charge is 0.268 e. The highest BCUT2D eigenvalue weighted by molar-refractivity contribution is 5.98. The lowest BCUT2D eigenvalue weighted by Crippen LogP contribution is -2.29. The Bertz CT molecular complexity index is 819. The van der Waals surface area contributed by atoms with E-state index < -0.39 is 0 Å². The van der Waals surface area contributed by atoms with Crippen molar-refractivity contribution in [3.8, 4) is 5.75 Å². The fourth-order valence-electron chi connectivity index (χ4n) is 2.57. The van der Waals surface area contributed by atoms with Gasteiger partial charge in [0.2, 0.25) is 0 Å². The van der Waals surface area contributed by atoms with Crippen LogP contribution in [0.15, 0.2) is 54.6 Å². The molecule has 0 saturated heterocycles. The fourth-order valence-corrected chi connectivity index (χ4v) is 2.57. The van der Waals surface area contributed by atoms with Gasteiger partial charge < -0.3 is 14.6 Å². The number of carbonyl (C=O) groups is 1. The first-order valence-electron chi connectivity index (χ1n) is 7.67. The van der Waals surface area contributed by atoms with Gasteiger partial charge in [0.05, 0.1) is 6.54 Å². The van der Waals surface area contributed by atoms with Crippen molar-refractivity contribution in [1.82, 2.24) is 9.88 Å². The lowest BCUT2D eigenvalue weighted by atomic mass is 10.2. The fraction of sp³-hybridized carbons (Fsp3) is 0.211. The van der Waals surface area contributed by atoms with Gasteiger partial charge in [-0.3, -0.25) is 4.79 Å². The third kappa shape index (κ3) is 3.37. The molecule has 1 amide bonds. The summed E-state index contributed by atoms with van der Waals surface area (Å²) in [5, 5.41) is 3.96. The zero-order valence-electron chi connectivity index (χ0n) is 13.4. The third-order valence-electron chi connectivity index (χ3n) is 3.86. The van der Waals surface area contributed by atoms with Crippen LogP contribution < -0.4 is 10.1 Å². The van der Waals surface area contributed by atoms with Crippen LogP contribution in [0.1, 0.15) is 16.1 Å². The number of fused-ring (bicyclic) bond motifs is 1. The van der Waals surface area contributed by atoms with Crippen molar-refractivity contribution in [3.63, 3.8) is 0 Å². The Morgan fingerprint density at radius 2 is 1.87 bits per heavy atom. The summed E-state index contributed by atoms with van der Waals surface area (Å²) in [6, 6.07) is 17.7. The molecular formula is C19H20N2O2. The highest BCUT2D eigenvalue weighted by Gasteiger charge is 2.12. The molecule has 0 fully saturated rings. The number of hydrogen-bond acceptors (Lipinski definition) is 2. The van der Waals surface area contributed by atoms with Crippen LogP contribution in [0.25, 0.3) is 10.9 Å². The summed E-state index contributed by atoms with van der Waals surface area (Å²) in [7, 11) is 1.90. The lowest BCUT2D eigenvalue weighted by molar-refractivity contribution is 0.0939. The summed E-state index contributed by atoms with van der Waals surface area (Å²) < 4.78 is 7.52. The van der Waals surface area contributed by atoms with E-state index >= 15 is 0 Å². The zero-order valence-corrected chi connectivity index (χ0v) is 13.4. The van der Waals surface area contributed by atoms with Crippen molar-refractivity contribution < 1.29 is 9.53 Å². The molecule has 3 rings (SSSR count). The molecule has 118 valence electrons. The Balaban J connectivity index is 1.56. The van der Waals surface area contributed by atoms with E-state index in [1.807, 2.05) is 73.1 Å². The average molecular weight is 308 g/mol. The number of aromatic nitrogens is 1. The molecule has 0 bridgehead atoms. The first-order valence-corrected chi connectivity index (χ1v) is 7.67. The SMILES string of the molecule is Cc1ccc(OCCNC(=O)c2cc3ccccc3n2C)cc1. The summed E-state index contributed by atoms with van der Waals surface area (Å²) >= 11 is 0. The van der Waals surface area contributed by atoms with Crippen LogP contribution in [-0.2, 0) is 7.05 Å². The van der Waals surface area contributed by atoms with E-state index in [1.165, 1.54) is 5.56 Å². The molecule has 4 nitrogen and oxygen atoms in total. The molecule has 1 N–H and O–H groups in total. The van der Waals surface area contributed by atoms with Crippen LogP contribution in [-0.4, -0.2) is 23.6 Å². The van der Waals surface area contributed by atoms with Gasteiger partial charge >= 0.3 is 0 Å². The maximum absolute atomic E-state index is 12.3. The summed E-state index contributed by atoms with van der Waals surface area (Å²) in [5.74, 6) is 0.727. The normalized spacial score (nSPS) is 10.7. The van der Waals surface area contributed by atoms with Gasteiger partial charge in [0.1, 0.15) is 18.1 Å². The molecular weight excluding hydrogens is 288 g/mol. The van der Waals surface area contributed by atoms with Crippen LogP contribution in [0.3, 0.4) is 0 Å². The van der Waals surface area contributed by atoms with E-state index in [0.29, 0.717) is 18.8 Å². The van der Waals surface area contributed by atoms with Crippen LogP contribution in [0.2, 0.25) is 0 Å². The molecule has 0 saturated carbocycles. The molecule has 2 aromatic carbocycles. The van der Waals surface area contributed by atoms with Crippen molar-refractivity contribution in [2.75, 3.05) is 13.2 Å². The minimum atomic E-state index is -0.0868. The predicted octanol–water partition coefficient (Wildman–Crippen LogP) is 3.30. The number of benzene rings is 2. The maximum atomic E-state index is 12.3. The van der Waals surface area contributed by atoms with Gasteiger partial charge in [-0.2, -0.15) is 0 Å². The van der Waals surface area contributed by atoms with Gasteiger partial charge in [-0.25, -0.2) is 0 Å². The van der Waals surface area contributed by atoms with E-state index in [-0.39, 0.29) is 5.91 Å². The van der Waals surface area contributed by atoms with Crippen molar-refractivity contribution in [2.45, 2.75) is 6.92 Å². The zero-order chi connectivity index (χ0) is 16.2.